The van der Waals surface area contributed by atoms with Gasteiger partial charge in [-0.1, -0.05) is 32.9 Å². The number of pyridine rings is 2. The van der Waals surface area contributed by atoms with Crippen LogP contribution in [0.25, 0.3) is 38.8 Å². The van der Waals surface area contributed by atoms with Crippen molar-refractivity contribution >= 4 is 27.3 Å². The molecular formula is C46H40N4OPt-2. The van der Waals surface area contributed by atoms with Crippen LogP contribution in [0, 0.1) is 29.8 Å². The molecule has 12 rings (SSSR count). The molecule has 2 aliphatic carbocycles. The van der Waals surface area contributed by atoms with E-state index >= 15 is 0 Å². The maximum absolute atomic E-state index is 6.55. The summed E-state index contributed by atoms with van der Waals surface area (Å²) in [6.45, 7) is 11.3. The number of imidazole rings is 1. The first-order valence-electron chi connectivity index (χ1n) is 18.1. The molecule has 8 aromatic rings. The van der Waals surface area contributed by atoms with E-state index in [0.717, 1.165) is 62.8 Å². The van der Waals surface area contributed by atoms with Crippen molar-refractivity contribution in [1.29, 1.82) is 0 Å². The summed E-state index contributed by atoms with van der Waals surface area (Å²) in [5.41, 5.74) is 13.9. The topological polar surface area (TPSA) is 36.4 Å². The Balaban J connectivity index is 1.10. The van der Waals surface area contributed by atoms with Gasteiger partial charge < -0.3 is 0 Å². The quantitative estimate of drug-likeness (QED) is 0.165. The van der Waals surface area contributed by atoms with E-state index in [1.54, 1.807) is 0 Å². The minimum atomic E-state index is -0.00108. The summed E-state index contributed by atoms with van der Waals surface area (Å²) in [5.74, 6) is 2.14. The van der Waals surface area contributed by atoms with Crippen molar-refractivity contribution in [2.24, 2.45) is 0 Å². The molecule has 5 nitrogen and oxygen atoms in total. The van der Waals surface area contributed by atoms with Crippen molar-refractivity contribution in [3.8, 4) is 23.0 Å². The van der Waals surface area contributed by atoms with Gasteiger partial charge in [0.1, 0.15) is 0 Å². The number of rotatable bonds is 4. The Morgan fingerprint density at radius 3 is 2.25 bits per heavy atom. The Hall–Kier alpha value is -4.99. The van der Waals surface area contributed by atoms with Gasteiger partial charge in [0.15, 0.2) is 0 Å². The van der Waals surface area contributed by atoms with Crippen LogP contribution in [0.5, 0.6) is 11.5 Å². The third kappa shape index (κ3) is 5.58. The molecule has 0 spiro atoms. The Kier molecular flexibility index (Phi) is 7.97. The van der Waals surface area contributed by atoms with E-state index in [4.69, 9.17) is 9.72 Å². The Labute approximate surface area is 315 Å². The van der Waals surface area contributed by atoms with Crippen molar-refractivity contribution in [1.82, 2.24) is 18.5 Å². The molecule has 52 heavy (non-hydrogen) atoms. The molecule has 262 valence electrons. The van der Waals surface area contributed by atoms with Gasteiger partial charge in [0.2, 0.25) is 0 Å². The monoisotopic (exact) mass is 859 g/mol. The maximum atomic E-state index is 6.55. The molecule has 6 heterocycles. The average Bonchev–Trinajstić information content (AvgIpc) is 3.66. The summed E-state index contributed by atoms with van der Waals surface area (Å²) >= 11 is 2.47. The van der Waals surface area contributed by atoms with Crippen molar-refractivity contribution in [3.05, 3.63) is 158 Å². The molecule has 2 aliphatic heterocycles. The average molecular weight is 860 g/mol. The van der Waals surface area contributed by atoms with Gasteiger partial charge in [0.05, 0.1) is 0 Å². The van der Waals surface area contributed by atoms with Crippen molar-refractivity contribution in [3.63, 3.8) is 0 Å². The molecule has 0 atom stereocenters. The van der Waals surface area contributed by atoms with E-state index in [9.17, 15) is 0 Å². The first-order chi connectivity index (χ1) is 25.1. The molecule has 0 unspecified atom stereocenters. The zero-order valence-corrected chi connectivity index (χ0v) is 32.4. The molecule has 0 saturated carbocycles. The van der Waals surface area contributed by atoms with Crippen LogP contribution in [-0.4, -0.2) is 18.5 Å². The van der Waals surface area contributed by atoms with Crippen LogP contribution in [0.2, 0.25) is 0 Å². The van der Waals surface area contributed by atoms with Gasteiger partial charge in [-0.2, -0.15) is 0 Å². The van der Waals surface area contributed by atoms with Gasteiger partial charge >= 0.3 is 261 Å². The molecule has 0 saturated heterocycles. The Bertz CT molecular complexity index is 2760. The fourth-order valence-electron chi connectivity index (χ4n) is 7.78. The molecular weight excluding hydrogens is 820 g/mol. The molecule has 4 bridgehead atoms. The van der Waals surface area contributed by atoms with E-state index in [0.29, 0.717) is 11.5 Å². The van der Waals surface area contributed by atoms with Gasteiger partial charge in [-0.15, -0.1) is 0 Å². The molecule has 0 fully saturated rings. The second kappa shape index (κ2) is 12.6. The van der Waals surface area contributed by atoms with Crippen LogP contribution in [-0.2, 0) is 50.5 Å². The van der Waals surface area contributed by atoms with Gasteiger partial charge in [-0.25, -0.2) is 0 Å². The number of fused-ring (bicyclic) bond motifs is 3. The normalized spacial score (nSPS) is 13.3. The van der Waals surface area contributed by atoms with Crippen LogP contribution in [0.4, 0.5) is 0 Å². The van der Waals surface area contributed by atoms with E-state index in [1.165, 1.54) is 44.6 Å². The summed E-state index contributed by atoms with van der Waals surface area (Å²) in [4.78, 5) is 4.83. The first kappa shape index (κ1) is 32.9. The first-order valence-corrected chi connectivity index (χ1v) is 19.2. The molecule has 0 radical (unpaired) electrons. The SMILES string of the molecule is Cc1c2ccc(c1C)CCc1ccc(c3cn(-c4[c-]c(Oc5[c-]c6c(cc5)c5ccccc5n6-c5cc(C(C)(C)C)ccn5)ccc4)[c](=[Pt])n13)CC2. The third-order valence-electron chi connectivity index (χ3n) is 10.9. The summed E-state index contributed by atoms with van der Waals surface area (Å²) in [6, 6.07) is 39.6. The van der Waals surface area contributed by atoms with Crippen molar-refractivity contribution in [2.75, 3.05) is 0 Å². The number of nitrogens with zero attached hydrogens (tertiary/aromatic N) is 4. The number of hydrogen-bond acceptors (Lipinski definition) is 2. The predicted molar refractivity (Wildman–Crippen MR) is 206 cm³/mol. The fraction of sp³-hybridized carbons (Fsp3) is 0.217. The summed E-state index contributed by atoms with van der Waals surface area (Å²) < 4.78 is 14.6. The van der Waals surface area contributed by atoms with E-state index in [1.807, 2.05) is 24.4 Å². The molecule has 0 amide bonds. The van der Waals surface area contributed by atoms with E-state index < -0.39 is 0 Å². The zero-order valence-electron chi connectivity index (χ0n) is 30.2. The van der Waals surface area contributed by atoms with Crippen molar-refractivity contribution < 1.29 is 24.1 Å². The van der Waals surface area contributed by atoms with Gasteiger partial charge in [0.25, 0.3) is 0 Å². The van der Waals surface area contributed by atoms with Crippen LogP contribution in [0.15, 0.2) is 103 Å². The van der Waals surface area contributed by atoms with Gasteiger partial charge in [-0.3, -0.25) is 0 Å². The number of para-hydroxylation sites is 1. The van der Waals surface area contributed by atoms with Crippen LogP contribution >= 0.6 is 0 Å². The second-order valence-corrected chi connectivity index (χ2v) is 16.1. The summed E-state index contributed by atoms with van der Waals surface area (Å²) in [5, 5.41) is 2.27. The number of hydrogen-bond donors (Lipinski definition) is 0. The minimum absolute atomic E-state index is 0.00108. The fourth-order valence-corrected chi connectivity index (χ4v) is 8.81. The van der Waals surface area contributed by atoms with Crippen molar-refractivity contribution in [2.45, 2.75) is 65.7 Å². The van der Waals surface area contributed by atoms with Crippen LogP contribution < -0.4 is 4.74 Å². The van der Waals surface area contributed by atoms with E-state index in [2.05, 4.69) is 159 Å². The molecule has 6 heteroatoms. The number of benzene rings is 4. The van der Waals surface area contributed by atoms with Gasteiger partial charge in [0, 0.05) is 6.20 Å². The molecule has 4 aromatic carbocycles. The number of ether oxygens (including phenoxy) is 1. The Morgan fingerprint density at radius 1 is 0.712 bits per heavy atom. The van der Waals surface area contributed by atoms with Crippen LogP contribution in [0.1, 0.15) is 59.8 Å². The summed E-state index contributed by atoms with van der Waals surface area (Å²) in [6.07, 6.45) is 8.18. The predicted octanol–water partition coefficient (Wildman–Crippen LogP) is 10.5. The number of aromatic nitrogens is 4. The van der Waals surface area contributed by atoms with Crippen LogP contribution in [0.3, 0.4) is 0 Å². The standard InChI is InChI=1S/C46H40N4O.Pt/c1-30-31(2)33-14-13-32(30)15-16-34-18-20-36(19-17-33)49-29-48(28-44(34)49)37-9-8-10-38(26-37)51-39-21-22-41-40-11-6-7-12-42(40)50(43(41)27-39)45-25-35(23-24-47-45)46(3,4)5;/h6-14,18,20-25,28H,15-17,19H2,1-5H3;/q-2;. The zero-order chi connectivity index (χ0) is 35.7. The molecule has 4 aliphatic rings. The summed E-state index contributed by atoms with van der Waals surface area (Å²) in [7, 11) is 0. The Morgan fingerprint density at radius 2 is 1.44 bits per heavy atom. The third-order valence-corrected chi connectivity index (χ3v) is 12.0. The molecule has 0 N–H and O–H groups in total. The van der Waals surface area contributed by atoms with E-state index in [-0.39, 0.29) is 5.41 Å². The number of aryl methyl sites for hydroxylation is 4. The van der Waals surface area contributed by atoms with Gasteiger partial charge in [-0.05, 0) is 17.0 Å². The second-order valence-electron chi connectivity index (χ2n) is 15.0. The molecule has 4 aromatic heterocycles.